The van der Waals surface area contributed by atoms with E-state index in [1.54, 1.807) is 23.1 Å². The molecule has 5 aromatic rings. The molecule has 0 atom stereocenters. The lowest BCUT2D eigenvalue weighted by atomic mass is 10.1. The summed E-state index contributed by atoms with van der Waals surface area (Å²) in [5.41, 5.74) is 3.72. The summed E-state index contributed by atoms with van der Waals surface area (Å²) in [5.74, 6) is 1.65. The molecule has 4 heterocycles. The van der Waals surface area contributed by atoms with Crippen LogP contribution in [0.25, 0.3) is 28.3 Å². The van der Waals surface area contributed by atoms with Crippen LogP contribution in [0.15, 0.2) is 79.6 Å². The lowest BCUT2D eigenvalue weighted by molar-refractivity contribution is 0.678. The van der Waals surface area contributed by atoms with Gasteiger partial charge in [0.25, 0.3) is 0 Å². The maximum Gasteiger partial charge on any atom is 0.165 e. The molecular weight excluding hydrogens is 350 g/mol. The fraction of sp³-hybridized carbons (Fsp3) is 0.0952. The van der Waals surface area contributed by atoms with Crippen molar-refractivity contribution >= 4 is 5.65 Å². The Kier molecular flexibility index (Phi) is 4.10. The number of hydrogen-bond acceptors (Lipinski definition) is 5. The first-order chi connectivity index (χ1) is 13.9. The Morgan fingerprint density at radius 1 is 0.821 bits per heavy atom. The molecule has 0 saturated heterocycles. The summed E-state index contributed by atoms with van der Waals surface area (Å²) >= 11 is 0. The number of fused-ring (bicyclic) bond motifs is 1. The van der Waals surface area contributed by atoms with Crippen LogP contribution in [0.4, 0.5) is 0 Å². The first kappa shape index (κ1) is 16.3. The summed E-state index contributed by atoms with van der Waals surface area (Å²) in [5, 5.41) is 4.36. The van der Waals surface area contributed by atoms with Crippen LogP contribution in [0.2, 0.25) is 0 Å². The molecule has 0 unspecified atom stereocenters. The van der Waals surface area contributed by atoms with Crippen LogP contribution in [-0.4, -0.2) is 34.1 Å². The number of benzene rings is 1. The maximum absolute atomic E-state index is 4.71. The minimum atomic E-state index is 0.705. The predicted octanol–water partition coefficient (Wildman–Crippen LogP) is 3.29. The Bertz CT molecular complexity index is 1220. The van der Waals surface area contributed by atoms with E-state index in [4.69, 9.17) is 4.98 Å². The minimum Gasteiger partial charge on any atom is -0.330 e. The summed E-state index contributed by atoms with van der Waals surface area (Å²) in [4.78, 5) is 18.1. The Labute approximate surface area is 161 Å². The Morgan fingerprint density at radius 3 is 2.68 bits per heavy atom. The average Bonchev–Trinajstić information content (AvgIpc) is 3.39. The highest BCUT2D eigenvalue weighted by Crippen LogP contribution is 2.22. The summed E-state index contributed by atoms with van der Waals surface area (Å²) in [7, 11) is 0. The van der Waals surface area contributed by atoms with Gasteiger partial charge in [0.1, 0.15) is 11.6 Å². The highest BCUT2D eigenvalue weighted by atomic mass is 15.2. The molecule has 7 nitrogen and oxygen atoms in total. The number of nitrogens with zero attached hydrogens (tertiary/aromatic N) is 7. The summed E-state index contributed by atoms with van der Waals surface area (Å²) in [6, 6.07) is 13.9. The lowest BCUT2D eigenvalue weighted by Crippen LogP contribution is -2.06. The van der Waals surface area contributed by atoms with Crippen molar-refractivity contribution < 1.29 is 0 Å². The molecule has 0 N–H and O–H groups in total. The second-order valence-electron chi connectivity index (χ2n) is 6.36. The SMILES string of the molecule is c1ccc(-c2ccnc(CCn3ccnc3-c3cnn4cccnc34)n2)cc1. The molecule has 136 valence electrons. The largest absolute Gasteiger partial charge is 0.330 e. The molecule has 0 fully saturated rings. The smallest absolute Gasteiger partial charge is 0.165 e. The van der Waals surface area contributed by atoms with E-state index in [9.17, 15) is 0 Å². The zero-order valence-electron chi connectivity index (χ0n) is 15.1. The number of rotatable bonds is 5. The zero-order valence-corrected chi connectivity index (χ0v) is 15.1. The molecule has 28 heavy (non-hydrogen) atoms. The van der Waals surface area contributed by atoms with Gasteiger partial charge in [-0.25, -0.2) is 24.5 Å². The molecule has 0 radical (unpaired) electrons. The third-order valence-electron chi connectivity index (χ3n) is 4.59. The van der Waals surface area contributed by atoms with Crippen LogP contribution in [0.5, 0.6) is 0 Å². The van der Waals surface area contributed by atoms with Crippen molar-refractivity contribution in [1.29, 1.82) is 0 Å². The quantitative estimate of drug-likeness (QED) is 0.476. The van der Waals surface area contributed by atoms with Crippen LogP contribution in [0.1, 0.15) is 5.82 Å². The third-order valence-corrected chi connectivity index (χ3v) is 4.59. The molecule has 5 rings (SSSR count). The van der Waals surface area contributed by atoms with Gasteiger partial charge in [-0.05, 0) is 12.1 Å². The number of hydrogen-bond donors (Lipinski definition) is 0. The van der Waals surface area contributed by atoms with Gasteiger partial charge >= 0.3 is 0 Å². The topological polar surface area (TPSA) is 73.8 Å². The van der Waals surface area contributed by atoms with Gasteiger partial charge in [0.2, 0.25) is 0 Å². The fourth-order valence-electron chi connectivity index (χ4n) is 3.23. The van der Waals surface area contributed by atoms with Gasteiger partial charge in [0.15, 0.2) is 5.65 Å². The van der Waals surface area contributed by atoms with E-state index < -0.39 is 0 Å². The first-order valence-electron chi connectivity index (χ1n) is 9.06. The molecule has 0 spiro atoms. The van der Waals surface area contributed by atoms with E-state index in [0.29, 0.717) is 6.42 Å². The summed E-state index contributed by atoms with van der Waals surface area (Å²) in [6.07, 6.45) is 11.7. The predicted molar refractivity (Wildman–Crippen MR) is 105 cm³/mol. The summed E-state index contributed by atoms with van der Waals surface area (Å²) < 4.78 is 3.84. The zero-order chi connectivity index (χ0) is 18.8. The molecule has 0 aliphatic heterocycles. The fourth-order valence-corrected chi connectivity index (χ4v) is 3.23. The highest BCUT2D eigenvalue weighted by molar-refractivity contribution is 5.72. The average molecular weight is 367 g/mol. The molecule has 1 aromatic carbocycles. The standard InChI is InChI=1S/C21H17N7/c1-2-5-16(6-3-1)18-7-10-22-19(26-18)8-13-27-14-11-24-20(27)17-15-25-28-12-4-9-23-21(17)28/h1-7,9-12,14-15H,8,13H2. The third kappa shape index (κ3) is 3.03. The van der Waals surface area contributed by atoms with Gasteiger partial charge in [-0.2, -0.15) is 5.10 Å². The monoisotopic (exact) mass is 367 g/mol. The second kappa shape index (κ2) is 7.03. The van der Waals surface area contributed by atoms with Gasteiger partial charge in [-0.3, -0.25) is 0 Å². The van der Waals surface area contributed by atoms with E-state index >= 15 is 0 Å². The second-order valence-corrected chi connectivity index (χ2v) is 6.36. The van der Waals surface area contributed by atoms with Gasteiger partial charge in [0.05, 0.1) is 17.5 Å². The molecule has 0 aliphatic rings. The van der Waals surface area contributed by atoms with Gasteiger partial charge in [0, 0.05) is 49.5 Å². The van der Waals surface area contributed by atoms with Crippen LogP contribution >= 0.6 is 0 Å². The summed E-state index contributed by atoms with van der Waals surface area (Å²) in [6.45, 7) is 0.720. The molecule has 0 saturated carbocycles. The molecule has 7 heteroatoms. The van der Waals surface area contributed by atoms with Crippen LogP contribution in [-0.2, 0) is 13.0 Å². The van der Waals surface area contributed by atoms with Crippen LogP contribution in [0.3, 0.4) is 0 Å². The Morgan fingerprint density at radius 2 is 1.75 bits per heavy atom. The Hall–Kier alpha value is -3.87. The van der Waals surface area contributed by atoms with E-state index in [-0.39, 0.29) is 0 Å². The van der Waals surface area contributed by atoms with Gasteiger partial charge in [-0.1, -0.05) is 30.3 Å². The molecule has 4 aromatic heterocycles. The van der Waals surface area contributed by atoms with Crippen molar-refractivity contribution in [3.63, 3.8) is 0 Å². The van der Waals surface area contributed by atoms with Crippen LogP contribution in [0, 0.1) is 0 Å². The molecule has 0 amide bonds. The number of imidazole rings is 1. The Balaban J connectivity index is 1.40. The van der Waals surface area contributed by atoms with E-state index in [2.05, 4.69) is 36.8 Å². The van der Waals surface area contributed by atoms with Crippen molar-refractivity contribution in [1.82, 2.24) is 34.1 Å². The van der Waals surface area contributed by atoms with E-state index in [1.807, 2.05) is 48.9 Å². The number of aromatic nitrogens is 7. The molecular formula is C21H17N7. The van der Waals surface area contributed by atoms with Gasteiger partial charge < -0.3 is 4.57 Å². The molecule has 0 aliphatic carbocycles. The first-order valence-corrected chi connectivity index (χ1v) is 9.06. The van der Waals surface area contributed by atoms with Crippen LogP contribution < -0.4 is 0 Å². The maximum atomic E-state index is 4.71. The minimum absolute atomic E-state index is 0.705. The van der Waals surface area contributed by atoms with Crippen molar-refractivity contribution in [3.05, 3.63) is 85.5 Å². The van der Waals surface area contributed by atoms with Crippen molar-refractivity contribution in [2.45, 2.75) is 13.0 Å². The van der Waals surface area contributed by atoms with Crippen molar-refractivity contribution in [2.24, 2.45) is 0 Å². The van der Waals surface area contributed by atoms with E-state index in [1.165, 1.54) is 0 Å². The lowest BCUT2D eigenvalue weighted by Gasteiger charge is -2.07. The number of aryl methyl sites for hydroxylation is 2. The highest BCUT2D eigenvalue weighted by Gasteiger charge is 2.13. The van der Waals surface area contributed by atoms with E-state index in [0.717, 1.165) is 40.7 Å². The molecule has 0 bridgehead atoms. The normalized spacial score (nSPS) is 11.1. The van der Waals surface area contributed by atoms with Crippen molar-refractivity contribution in [2.75, 3.05) is 0 Å². The van der Waals surface area contributed by atoms with Gasteiger partial charge in [-0.15, -0.1) is 0 Å². The van der Waals surface area contributed by atoms with Crippen molar-refractivity contribution in [3.8, 4) is 22.6 Å².